The van der Waals surface area contributed by atoms with E-state index in [0.717, 1.165) is 6.26 Å². The van der Waals surface area contributed by atoms with Gasteiger partial charge in [-0.15, -0.1) is 0 Å². The lowest BCUT2D eigenvalue weighted by atomic mass is 10.2. The molecule has 0 radical (unpaired) electrons. The molecule has 0 fully saturated rings. The first-order chi connectivity index (χ1) is 10.4. The molecule has 0 atom stereocenters. The molecule has 2 aromatic rings. The summed E-state index contributed by atoms with van der Waals surface area (Å²) in [7, 11) is -2.03. The van der Waals surface area contributed by atoms with Crippen LogP contribution in [0.15, 0.2) is 71.6 Å². The quantitative estimate of drug-likeness (QED) is 0.645. The molecular formula is C17H18O4S. The lowest BCUT2D eigenvalue weighted by Gasteiger charge is -2.02. The second-order valence-corrected chi connectivity index (χ2v) is 6.31. The Kier molecular flexibility index (Phi) is 7.05. The topological polar surface area (TPSA) is 60.4 Å². The van der Waals surface area contributed by atoms with E-state index in [-0.39, 0.29) is 4.90 Å². The highest BCUT2D eigenvalue weighted by molar-refractivity contribution is 7.90. The second-order valence-electron chi connectivity index (χ2n) is 4.32. The van der Waals surface area contributed by atoms with Crippen molar-refractivity contribution in [2.45, 2.75) is 4.90 Å². The monoisotopic (exact) mass is 318 g/mol. The van der Waals surface area contributed by atoms with E-state index in [0.29, 0.717) is 5.56 Å². The Balaban J connectivity index is 0.000000335. The number of methoxy groups -OCH3 is 1. The molecule has 0 saturated carbocycles. The van der Waals surface area contributed by atoms with Gasteiger partial charge in [0.2, 0.25) is 0 Å². The van der Waals surface area contributed by atoms with Gasteiger partial charge in [-0.3, -0.25) is 0 Å². The van der Waals surface area contributed by atoms with Crippen molar-refractivity contribution in [1.82, 2.24) is 0 Å². The Morgan fingerprint density at radius 2 is 1.45 bits per heavy atom. The SMILES string of the molecule is COC(=O)C=Cc1ccccc1S(C)(=O)=O.c1ccccc1. The van der Waals surface area contributed by atoms with E-state index in [1.807, 2.05) is 36.4 Å². The molecule has 0 unspecified atom stereocenters. The van der Waals surface area contributed by atoms with Crippen LogP contribution in [-0.4, -0.2) is 27.8 Å². The minimum Gasteiger partial charge on any atom is -0.466 e. The van der Waals surface area contributed by atoms with Crippen molar-refractivity contribution in [2.75, 3.05) is 13.4 Å². The molecule has 0 aliphatic rings. The van der Waals surface area contributed by atoms with Crippen molar-refractivity contribution < 1.29 is 17.9 Å². The third kappa shape index (κ3) is 6.37. The van der Waals surface area contributed by atoms with E-state index in [1.54, 1.807) is 18.2 Å². The summed E-state index contributed by atoms with van der Waals surface area (Å²) in [5.41, 5.74) is 0.468. The summed E-state index contributed by atoms with van der Waals surface area (Å²) in [5, 5.41) is 0. The maximum atomic E-state index is 11.4. The molecule has 0 N–H and O–H groups in total. The van der Waals surface area contributed by atoms with Gasteiger partial charge >= 0.3 is 5.97 Å². The average molecular weight is 318 g/mol. The minimum atomic E-state index is -3.29. The zero-order chi connectivity index (χ0) is 16.4. The number of carbonyl (C=O) groups is 1. The number of hydrogen-bond acceptors (Lipinski definition) is 4. The average Bonchev–Trinajstić information content (AvgIpc) is 2.54. The maximum Gasteiger partial charge on any atom is 0.330 e. The predicted molar refractivity (Wildman–Crippen MR) is 87.0 cm³/mol. The Morgan fingerprint density at radius 3 is 1.91 bits per heavy atom. The van der Waals surface area contributed by atoms with Gasteiger partial charge in [-0.1, -0.05) is 54.6 Å². The molecule has 4 nitrogen and oxygen atoms in total. The first-order valence-corrected chi connectivity index (χ1v) is 8.39. The van der Waals surface area contributed by atoms with Gasteiger partial charge in [-0.05, 0) is 17.7 Å². The summed E-state index contributed by atoms with van der Waals surface area (Å²) in [6.07, 6.45) is 3.73. The highest BCUT2D eigenvalue weighted by atomic mass is 32.2. The van der Waals surface area contributed by atoms with Crippen molar-refractivity contribution in [2.24, 2.45) is 0 Å². The first kappa shape index (κ1) is 17.7. The van der Waals surface area contributed by atoms with Gasteiger partial charge in [0.1, 0.15) is 0 Å². The predicted octanol–water partition coefficient (Wildman–Crippen LogP) is 2.96. The van der Waals surface area contributed by atoms with Crippen LogP contribution in [-0.2, 0) is 19.4 Å². The zero-order valence-electron chi connectivity index (χ0n) is 12.5. The van der Waals surface area contributed by atoms with Crippen LogP contribution in [0, 0.1) is 0 Å². The maximum absolute atomic E-state index is 11.4. The Bertz CT molecular complexity index is 693. The van der Waals surface area contributed by atoms with Crippen LogP contribution in [0.5, 0.6) is 0 Å². The number of sulfone groups is 1. The lowest BCUT2D eigenvalue weighted by Crippen LogP contribution is -2.00. The Hall–Kier alpha value is -2.40. The number of ether oxygens (including phenoxy) is 1. The highest BCUT2D eigenvalue weighted by Crippen LogP contribution is 2.16. The standard InChI is InChI=1S/C11H12O4S.C6H6/c1-15-11(12)8-7-9-5-3-4-6-10(9)16(2,13)14;1-2-4-6-5-3-1/h3-8H,1-2H3;1-6H. The first-order valence-electron chi connectivity index (χ1n) is 6.50. The molecule has 0 aliphatic carbocycles. The van der Waals surface area contributed by atoms with Gasteiger partial charge < -0.3 is 4.74 Å². The van der Waals surface area contributed by atoms with E-state index < -0.39 is 15.8 Å². The van der Waals surface area contributed by atoms with Crippen molar-refractivity contribution >= 4 is 21.9 Å². The fourth-order valence-electron chi connectivity index (χ4n) is 1.57. The summed E-state index contributed by atoms with van der Waals surface area (Å²) in [6.45, 7) is 0. The number of rotatable bonds is 3. The van der Waals surface area contributed by atoms with Gasteiger partial charge in [0, 0.05) is 12.3 Å². The molecule has 0 heterocycles. The molecule has 0 aromatic heterocycles. The van der Waals surface area contributed by atoms with Crippen molar-refractivity contribution in [3.63, 3.8) is 0 Å². The number of benzene rings is 2. The summed E-state index contributed by atoms with van der Waals surface area (Å²) < 4.78 is 27.3. The molecular weight excluding hydrogens is 300 g/mol. The summed E-state index contributed by atoms with van der Waals surface area (Å²) in [4.78, 5) is 11.1. The molecule has 5 heteroatoms. The molecule has 0 amide bonds. The Labute approximate surface area is 131 Å². The molecule has 2 rings (SSSR count). The summed E-state index contributed by atoms with van der Waals surface area (Å²) in [6, 6.07) is 18.4. The van der Waals surface area contributed by atoms with E-state index in [9.17, 15) is 13.2 Å². The number of hydrogen-bond donors (Lipinski definition) is 0. The smallest absolute Gasteiger partial charge is 0.330 e. The number of carbonyl (C=O) groups excluding carboxylic acids is 1. The fourth-order valence-corrected chi connectivity index (χ4v) is 2.46. The fraction of sp³-hybridized carbons (Fsp3) is 0.118. The van der Waals surface area contributed by atoms with Gasteiger partial charge in [-0.2, -0.15) is 0 Å². The van der Waals surface area contributed by atoms with Crippen LogP contribution in [0.3, 0.4) is 0 Å². The van der Waals surface area contributed by atoms with Crippen LogP contribution >= 0.6 is 0 Å². The second kappa shape index (κ2) is 8.79. The third-order valence-corrected chi connectivity index (χ3v) is 3.76. The molecule has 116 valence electrons. The Morgan fingerprint density at radius 1 is 0.955 bits per heavy atom. The van der Waals surface area contributed by atoms with E-state index in [1.165, 1.54) is 25.3 Å². The van der Waals surface area contributed by atoms with Crippen LogP contribution in [0.1, 0.15) is 5.56 Å². The van der Waals surface area contributed by atoms with Crippen LogP contribution in [0.25, 0.3) is 6.08 Å². The van der Waals surface area contributed by atoms with E-state index in [2.05, 4.69) is 4.74 Å². The zero-order valence-corrected chi connectivity index (χ0v) is 13.3. The van der Waals surface area contributed by atoms with Gasteiger partial charge in [-0.25, -0.2) is 13.2 Å². The minimum absolute atomic E-state index is 0.190. The molecule has 0 spiro atoms. The molecule has 22 heavy (non-hydrogen) atoms. The summed E-state index contributed by atoms with van der Waals surface area (Å²) in [5.74, 6) is -0.525. The highest BCUT2D eigenvalue weighted by Gasteiger charge is 2.10. The molecule has 0 saturated heterocycles. The normalized spacial score (nSPS) is 10.6. The summed E-state index contributed by atoms with van der Waals surface area (Å²) >= 11 is 0. The lowest BCUT2D eigenvalue weighted by molar-refractivity contribution is -0.134. The van der Waals surface area contributed by atoms with Crippen LogP contribution in [0.4, 0.5) is 0 Å². The van der Waals surface area contributed by atoms with Crippen molar-refractivity contribution in [3.05, 3.63) is 72.3 Å². The molecule has 0 bridgehead atoms. The van der Waals surface area contributed by atoms with Gasteiger partial charge in [0.25, 0.3) is 0 Å². The van der Waals surface area contributed by atoms with Crippen molar-refractivity contribution in [1.29, 1.82) is 0 Å². The largest absolute Gasteiger partial charge is 0.466 e. The number of esters is 1. The van der Waals surface area contributed by atoms with Crippen LogP contribution in [0.2, 0.25) is 0 Å². The molecule has 0 aliphatic heterocycles. The van der Waals surface area contributed by atoms with Crippen molar-refractivity contribution in [3.8, 4) is 0 Å². The molecule has 2 aromatic carbocycles. The van der Waals surface area contributed by atoms with Gasteiger partial charge in [0.15, 0.2) is 9.84 Å². The van der Waals surface area contributed by atoms with Gasteiger partial charge in [0.05, 0.1) is 12.0 Å². The third-order valence-electron chi connectivity index (χ3n) is 2.59. The van der Waals surface area contributed by atoms with Crippen LogP contribution < -0.4 is 0 Å². The van der Waals surface area contributed by atoms with E-state index in [4.69, 9.17) is 0 Å². The van der Waals surface area contributed by atoms with E-state index >= 15 is 0 Å².